The molecule has 5 nitrogen and oxygen atoms in total. The minimum absolute atomic E-state index is 0.160. The van der Waals surface area contributed by atoms with E-state index in [-0.39, 0.29) is 6.04 Å². The Kier molecular flexibility index (Phi) is 4.12. The molecular formula is C15H25N3O2S. The SMILES string of the molecule is CCn1cc(S(=O)(=O)NC(C2CC2)C2CC2)cc1CNC. The van der Waals surface area contributed by atoms with Crippen LogP contribution < -0.4 is 10.0 Å². The van der Waals surface area contributed by atoms with Gasteiger partial charge in [0.05, 0.1) is 4.90 Å². The van der Waals surface area contributed by atoms with Gasteiger partial charge in [0.25, 0.3) is 0 Å². The second-order valence-electron chi connectivity index (χ2n) is 6.31. The number of nitrogens with one attached hydrogen (secondary N) is 2. The average molecular weight is 311 g/mol. The smallest absolute Gasteiger partial charge is 0.242 e. The van der Waals surface area contributed by atoms with Gasteiger partial charge in [-0.25, -0.2) is 13.1 Å². The fourth-order valence-corrected chi connectivity index (χ4v) is 4.47. The molecule has 2 aliphatic carbocycles. The fraction of sp³-hybridized carbons (Fsp3) is 0.733. The molecule has 118 valence electrons. The van der Waals surface area contributed by atoms with E-state index in [4.69, 9.17) is 0 Å². The highest BCUT2D eigenvalue weighted by molar-refractivity contribution is 7.89. The average Bonchev–Trinajstić information content (AvgIpc) is 3.34. The third-order valence-corrected chi connectivity index (χ3v) is 5.95. The molecule has 6 heteroatoms. The highest BCUT2D eigenvalue weighted by Crippen LogP contribution is 2.45. The Labute approximate surface area is 127 Å². The highest BCUT2D eigenvalue weighted by Gasteiger charge is 2.43. The lowest BCUT2D eigenvalue weighted by Crippen LogP contribution is -2.37. The molecule has 0 radical (unpaired) electrons. The summed E-state index contributed by atoms with van der Waals surface area (Å²) in [6.45, 7) is 3.49. The second kappa shape index (κ2) is 5.74. The minimum Gasteiger partial charge on any atom is -0.349 e. The molecule has 0 aliphatic heterocycles. The van der Waals surface area contributed by atoms with E-state index in [0.29, 0.717) is 23.3 Å². The van der Waals surface area contributed by atoms with Crippen molar-refractivity contribution in [2.45, 2.75) is 56.6 Å². The Morgan fingerprint density at radius 1 is 1.29 bits per heavy atom. The Bertz CT molecular complexity index is 588. The number of nitrogens with zero attached hydrogens (tertiary/aromatic N) is 1. The molecule has 21 heavy (non-hydrogen) atoms. The molecule has 0 unspecified atom stereocenters. The molecule has 2 aliphatic rings. The summed E-state index contributed by atoms with van der Waals surface area (Å²) in [5, 5.41) is 3.08. The number of aromatic nitrogens is 1. The van der Waals surface area contributed by atoms with Gasteiger partial charge in [-0.15, -0.1) is 0 Å². The summed E-state index contributed by atoms with van der Waals surface area (Å²) in [4.78, 5) is 0.404. The van der Waals surface area contributed by atoms with Crippen molar-refractivity contribution in [1.29, 1.82) is 0 Å². The topological polar surface area (TPSA) is 63.1 Å². The van der Waals surface area contributed by atoms with Gasteiger partial charge in [0.15, 0.2) is 0 Å². The molecule has 2 N–H and O–H groups in total. The van der Waals surface area contributed by atoms with Crippen LogP contribution >= 0.6 is 0 Å². The quantitative estimate of drug-likeness (QED) is 0.768. The Balaban J connectivity index is 1.80. The van der Waals surface area contributed by atoms with Gasteiger partial charge in [-0.2, -0.15) is 0 Å². The van der Waals surface area contributed by atoms with Crippen LogP contribution in [0.2, 0.25) is 0 Å². The van der Waals surface area contributed by atoms with E-state index < -0.39 is 10.0 Å². The van der Waals surface area contributed by atoms with E-state index >= 15 is 0 Å². The summed E-state index contributed by atoms with van der Waals surface area (Å²) in [6.07, 6.45) is 6.44. The van der Waals surface area contributed by atoms with E-state index in [1.807, 2.05) is 18.5 Å². The van der Waals surface area contributed by atoms with Crippen LogP contribution in [0.5, 0.6) is 0 Å². The summed E-state index contributed by atoms with van der Waals surface area (Å²) < 4.78 is 30.3. The molecule has 2 fully saturated rings. The standard InChI is InChI=1S/C15H25N3O2S/c1-3-18-10-14(8-13(18)9-16-2)21(19,20)17-15(11-4-5-11)12-6-7-12/h8,10-12,15-17H,3-7,9H2,1-2H3. The zero-order valence-corrected chi connectivity index (χ0v) is 13.6. The van der Waals surface area contributed by atoms with Crippen LogP contribution in [0.4, 0.5) is 0 Å². The van der Waals surface area contributed by atoms with Crippen LogP contribution in [0.25, 0.3) is 0 Å². The normalized spacial score (nSPS) is 19.4. The maximum Gasteiger partial charge on any atom is 0.242 e. The van der Waals surface area contributed by atoms with E-state index in [1.54, 1.807) is 12.3 Å². The molecule has 0 aromatic carbocycles. The van der Waals surface area contributed by atoms with E-state index in [0.717, 1.165) is 12.2 Å². The first-order chi connectivity index (χ1) is 10.0. The number of hydrogen-bond acceptors (Lipinski definition) is 3. The summed E-state index contributed by atoms with van der Waals surface area (Å²) in [7, 11) is -1.53. The van der Waals surface area contributed by atoms with Crippen molar-refractivity contribution < 1.29 is 8.42 Å². The molecule has 0 saturated heterocycles. The minimum atomic E-state index is -3.40. The Morgan fingerprint density at radius 2 is 1.90 bits per heavy atom. The van der Waals surface area contributed by atoms with Crippen LogP contribution in [0.15, 0.2) is 17.2 Å². The van der Waals surface area contributed by atoms with Crippen LogP contribution in [0, 0.1) is 11.8 Å². The van der Waals surface area contributed by atoms with Gasteiger partial charge in [0.1, 0.15) is 0 Å². The third-order valence-electron chi connectivity index (χ3n) is 4.52. The lowest BCUT2D eigenvalue weighted by molar-refractivity contribution is 0.471. The van der Waals surface area contributed by atoms with E-state index in [9.17, 15) is 8.42 Å². The van der Waals surface area contributed by atoms with Crippen molar-refractivity contribution in [1.82, 2.24) is 14.6 Å². The van der Waals surface area contributed by atoms with Gasteiger partial charge in [0.2, 0.25) is 10.0 Å². The third kappa shape index (κ3) is 3.33. The van der Waals surface area contributed by atoms with Crippen LogP contribution in [0.3, 0.4) is 0 Å². The summed E-state index contributed by atoms with van der Waals surface area (Å²) >= 11 is 0. The van der Waals surface area contributed by atoms with Gasteiger partial charge in [-0.05, 0) is 57.6 Å². The molecule has 0 amide bonds. The summed E-state index contributed by atoms with van der Waals surface area (Å²) in [6, 6.07) is 1.95. The molecule has 2 saturated carbocycles. The number of sulfonamides is 1. The van der Waals surface area contributed by atoms with Crippen LogP contribution in [0.1, 0.15) is 38.3 Å². The molecule has 1 aromatic heterocycles. The molecule has 0 atom stereocenters. The van der Waals surface area contributed by atoms with Gasteiger partial charge < -0.3 is 9.88 Å². The largest absolute Gasteiger partial charge is 0.349 e. The predicted octanol–water partition coefficient (Wildman–Crippen LogP) is 1.69. The molecule has 1 heterocycles. The molecule has 0 bridgehead atoms. The highest BCUT2D eigenvalue weighted by atomic mass is 32.2. The summed E-state index contributed by atoms with van der Waals surface area (Å²) in [5.41, 5.74) is 1.01. The van der Waals surface area contributed by atoms with Gasteiger partial charge in [-0.1, -0.05) is 0 Å². The lowest BCUT2D eigenvalue weighted by atomic mass is 10.1. The Morgan fingerprint density at radius 3 is 2.38 bits per heavy atom. The zero-order valence-electron chi connectivity index (χ0n) is 12.8. The first kappa shape index (κ1) is 15.1. The van der Waals surface area contributed by atoms with Crippen molar-refractivity contribution in [2.24, 2.45) is 11.8 Å². The van der Waals surface area contributed by atoms with Gasteiger partial charge in [0, 0.05) is 31.0 Å². The van der Waals surface area contributed by atoms with Crippen molar-refractivity contribution in [3.05, 3.63) is 18.0 Å². The first-order valence-electron chi connectivity index (χ1n) is 7.91. The van der Waals surface area contributed by atoms with Gasteiger partial charge >= 0.3 is 0 Å². The zero-order chi connectivity index (χ0) is 15.0. The maximum absolute atomic E-state index is 12.6. The molecule has 3 rings (SSSR count). The molecule has 0 spiro atoms. The monoisotopic (exact) mass is 311 g/mol. The van der Waals surface area contributed by atoms with Crippen molar-refractivity contribution in [3.63, 3.8) is 0 Å². The number of aryl methyl sites for hydroxylation is 1. The van der Waals surface area contributed by atoms with E-state index in [1.165, 1.54) is 25.7 Å². The van der Waals surface area contributed by atoms with Crippen molar-refractivity contribution in [2.75, 3.05) is 7.05 Å². The van der Waals surface area contributed by atoms with Crippen LogP contribution in [-0.2, 0) is 23.1 Å². The Hall–Kier alpha value is -0.850. The van der Waals surface area contributed by atoms with Crippen molar-refractivity contribution in [3.8, 4) is 0 Å². The second-order valence-corrected chi connectivity index (χ2v) is 8.02. The number of rotatable bonds is 8. The summed E-state index contributed by atoms with van der Waals surface area (Å²) in [5.74, 6) is 1.13. The molecule has 1 aromatic rings. The molecular weight excluding hydrogens is 286 g/mol. The lowest BCUT2D eigenvalue weighted by Gasteiger charge is -2.17. The number of hydrogen-bond donors (Lipinski definition) is 2. The fourth-order valence-electron chi connectivity index (χ4n) is 3.03. The first-order valence-corrected chi connectivity index (χ1v) is 9.39. The van der Waals surface area contributed by atoms with Crippen LogP contribution in [-0.4, -0.2) is 26.1 Å². The van der Waals surface area contributed by atoms with Gasteiger partial charge in [-0.3, -0.25) is 0 Å². The predicted molar refractivity (Wildman–Crippen MR) is 82.4 cm³/mol. The van der Waals surface area contributed by atoms with Crippen molar-refractivity contribution >= 4 is 10.0 Å². The van der Waals surface area contributed by atoms with E-state index in [2.05, 4.69) is 10.0 Å². The maximum atomic E-state index is 12.6.